The third kappa shape index (κ3) is 6.99. The van der Waals surface area contributed by atoms with Crippen LogP contribution in [0.4, 0.5) is 5.69 Å². The Bertz CT molecular complexity index is 1190. The molecule has 1 aromatic carbocycles. The van der Waals surface area contributed by atoms with Gasteiger partial charge in [-0.2, -0.15) is 0 Å². The fourth-order valence-corrected chi connectivity index (χ4v) is 4.98. The van der Waals surface area contributed by atoms with Gasteiger partial charge in [0.05, 0.1) is 22.6 Å². The number of benzene rings is 1. The Morgan fingerprint density at radius 1 is 1.23 bits per heavy atom. The maximum absolute atomic E-state index is 12.6. The highest BCUT2D eigenvalue weighted by Crippen LogP contribution is 2.24. The quantitative estimate of drug-likeness (QED) is 0.338. The van der Waals surface area contributed by atoms with Crippen LogP contribution in [0.15, 0.2) is 47.9 Å². The molecule has 31 heavy (non-hydrogen) atoms. The van der Waals surface area contributed by atoms with Crippen LogP contribution in [-0.2, 0) is 21.2 Å². The van der Waals surface area contributed by atoms with Crippen LogP contribution >= 0.6 is 23.1 Å². The summed E-state index contributed by atoms with van der Waals surface area (Å²) < 4.78 is 26.5. The summed E-state index contributed by atoms with van der Waals surface area (Å²) in [6.45, 7) is 1.74. The van der Waals surface area contributed by atoms with Crippen LogP contribution < -0.4 is 10.0 Å². The van der Waals surface area contributed by atoms with E-state index < -0.39 is 10.0 Å². The first kappa shape index (κ1) is 23.1. The summed E-state index contributed by atoms with van der Waals surface area (Å²) in [6.07, 6.45) is 3.19. The Labute approximate surface area is 188 Å². The predicted molar refractivity (Wildman–Crippen MR) is 122 cm³/mol. The zero-order valence-corrected chi connectivity index (χ0v) is 19.3. The highest BCUT2D eigenvalue weighted by atomic mass is 32.2. The van der Waals surface area contributed by atoms with Crippen molar-refractivity contribution < 1.29 is 18.0 Å². The second-order valence-electron chi connectivity index (χ2n) is 6.61. The van der Waals surface area contributed by atoms with Crippen LogP contribution in [0.2, 0.25) is 0 Å². The van der Waals surface area contributed by atoms with Crippen LogP contribution in [0.5, 0.6) is 0 Å². The standard InChI is InChI=1S/C19H21N5O4S3/c1-13(25)22-14-4-3-5-15(10-14)24-12-20-23-19(24)29-11-17(26)18-7-6-16(30-18)8-9-21-31(2,27)28/h3-7,10,12,21H,8-9,11H2,1-2H3,(H,22,25). The van der Waals surface area contributed by atoms with Crippen LogP contribution in [-0.4, -0.2) is 53.4 Å². The molecule has 0 radical (unpaired) electrons. The van der Waals surface area contributed by atoms with Crippen LogP contribution in [0.1, 0.15) is 21.5 Å². The molecule has 0 aliphatic heterocycles. The number of carbonyl (C=O) groups is 2. The Balaban J connectivity index is 1.61. The summed E-state index contributed by atoms with van der Waals surface area (Å²) in [4.78, 5) is 25.4. The van der Waals surface area contributed by atoms with Crippen molar-refractivity contribution in [2.75, 3.05) is 23.9 Å². The highest BCUT2D eigenvalue weighted by Gasteiger charge is 2.14. The molecule has 12 heteroatoms. The minimum Gasteiger partial charge on any atom is -0.326 e. The maximum atomic E-state index is 12.6. The molecular formula is C19H21N5O4S3. The van der Waals surface area contributed by atoms with E-state index in [0.29, 0.717) is 28.7 Å². The van der Waals surface area contributed by atoms with E-state index in [1.54, 1.807) is 29.1 Å². The molecule has 0 bridgehead atoms. The van der Waals surface area contributed by atoms with Gasteiger partial charge >= 0.3 is 0 Å². The number of carbonyl (C=O) groups excluding carboxylic acids is 2. The second-order valence-corrected chi connectivity index (χ2v) is 10.6. The number of hydrogen-bond donors (Lipinski definition) is 2. The van der Waals surface area contributed by atoms with Gasteiger partial charge in [-0.05, 0) is 36.8 Å². The van der Waals surface area contributed by atoms with Gasteiger partial charge in [0.25, 0.3) is 0 Å². The van der Waals surface area contributed by atoms with Gasteiger partial charge in [-0.3, -0.25) is 14.2 Å². The number of nitrogens with one attached hydrogen (secondary N) is 2. The summed E-state index contributed by atoms with van der Waals surface area (Å²) in [5.41, 5.74) is 1.42. The van der Waals surface area contributed by atoms with Crippen LogP contribution in [0, 0.1) is 0 Å². The van der Waals surface area contributed by atoms with E-state index in [1.165, 1.54) is 30.0 Å². The van der Waals surface area contributed by atoms with Crippen molar-refractivity contribution in [3.05, 3.63) is 52.5 Å². The summed E-state index contributed by atoms with van der Waals surface area (Å²) in [5.74, 6) is -0.0200. The Morgan fingerprint density at radius 2 is 2.03 bits per heavy atom. The number of sulfonamides is 1. The molecular weight excluding hydrogens is 458 g/mol. The molecule has 0 atom stereocenters. The van der Waals surface area contributed by atoms with E-state index in [4.69, 9.17) is 0 Å². The largest absolute Gasteiger partial charge is 0.326 e. The number of rotatable bonds is 10. The lowest BCUT2D eigenvalue weighted by Crippen LogP contribution is -2.23. The first-order valence-electron chi connectivity index (χ1n) is 9.18. The maximum Gasteiger partial charge on any atom is 0.221 e. The van der Waals surface area contributed by atoms with Crippen LogP contribution in [0.3, 0.4) is 0 Å². The van der Waals surface area contributed by atoms with Crippen molar-refractivity contribution in [3.63, 3.8) is 0 Å². The van der Waals surface area contributed by atoms with E-state index in [9.17, 15) is 18.0 Å². The lowest BCUT2D eigenvalue weighted by molar-refractivity contribution is -0.114. The molecule has 3 rings (SSSR count). The van der Waals surface area contributed by atoms with E-state index >= 15 is 0 Å². The van der Waals surface area contributed by atoms with E-state index in [0.717, 1.165) is 16.8 Å². The lowest BCUT2D eigenvalue weighted by atomic mass is 10.2. The summed E-state index contributed by atoms with van der Waals surface area (Å²) in [7, 11) is -3.22. The third-order valence-corrected chi connectivity index (χ3v) is 6.82. The summed E-state index contributed by atoms with van der Waals surface area (Å²) in [6, 6.07) is 10.8. The van der Waals surface area contributed by atoms with Crippen molar-refractivity contribution in [1.29, 1.82) is 0 Å². The number of thioether (sulfide) groups is 1. The van der Waals surface area contributed by atoms with Gasteiger partial charge in [-0.1, -0.05) is 17.8 Å². The molecule has 0 saturated heterocycles. The normalized spacial score (nSPS) is 11.4. The number of hydrogen-bond acceptors (Lipinski definition) is 8. The highest BCUT2D eigenvalue weighted by molar-refractivity contribution is 7.99. The zero-order chi connectivity index (χ0) is 22.4. The molecule has 0 spiro atoms. The molecule has 1 amide bonds. The Hall–Kier alpha value is -2.54. The molecule has 3 aromatic rings. The molecule has 0 aliphatic carbocycles. The number of thiophene rings is 1. The van der Waals surface area contributed by atoms with Gasteiger partial charge in [0.15, 0.2) is 10.9 Å². The lowest BCUT2D eigenvalue weighted by Gasteiger charge is -2.08. The number of nitrogens with zero attached hydrogens (tertiary/aromatic N) is 3. The molecule has 9 nitrogen and oxygen atoms in total. The van der Waals surface area contributed by atoms with Gasteiger partial charge in [0.1, 0.15) is 6.33 Å². The van der Waals surface area contributed by atoms with E-state index in [2.05, 4.69) is 20.2 Å². The van der Waals surface area contributed by atoms with E-state index in [1.807, 2.05) is 18.2 Å². The number of anilines is 1. The molecule has 2 N–H and O–H groups in total. The smallest absolute Gasteiger partial charge is 0.221 e. The molecule has 0 aliphatic rings. The topological polar surface area (TPSA) is 123 Å². The van der Waals surface area contributed by atoms with Gasteiger partial charge in [0.2, 0.25) is 15.9 Å². The number of amides is 1. The predicted octanol–water partition coefficient (Wildman–Crippen LogP) is 2.35. The number of ketones is 1. The third-order valence-electron chi connectivity index (χ3n) is 3.97. The SMILES string of the molecule is CC(=O)Nc1cccc(-n2cnnc2SCC(=O)c2ccc(CCNS(C)(=O)=O)s2)c1. The average Bonchev–Trinajstić information content (AvgIpc) is 3.34. The Morgan fingerprint density at radius 3 is 2.77 bits per heavy atom. The van der Waals surface area contributed by atoms with Gasteiger partial charge < -0.3 is 5.32 Å². The molecule has 0 saturated carbocycles. The summed E-state index contributed by atoms with van der Waals surface area (Å²) in [5, 5.41) is 11.3. The second kappa shape index (κ2) is 10.2. The number of aromatic nitrogens is 3. The fraction of sp³-hybridized carbons (Fsp3) is 0.263. The van der Waals surface area contributed by atoms with Gasteiger partial charge in [-0.25, -0.2) is 13.1 Å². The first-order valence-corrected chi connectivity index (χ1v) is 12.9. The van der Waals surface area contributed by atoms with Crippen LogP contribution in [0.25, 0.3) is 5.69 Å². The fourth-order valence-electron chi connectivity index (χ4n) is 2.66. The molecule has 0 fully saturated rings. The van der Waals surface area contributed by atoms with Crippen molar-refractivity contribution >= 4 is 50.5 Å². The van der Waals surface area contributed by atoms with Crippen molar-refractivity contribution in [3.8, 4) is 5.69 Å². The van der Waals surface area contributed by atoms with E-state index in [-0.39, 0.29) is 17.4 Å². The molecule has 0 unspecified atom stereocenters. The molecule has 2 aromatic heterocycles. The van der Waals surface area contributed by atoms with Crippen molar-refractivity contribution in [2.45, 2.75) is 18.5 Å². The van der Waals surface area contributed by atoms with Crippen molar-refractivity contribution in [2.24, 2.45) is 0 Å². The average molecular weight is 480 g/mol. The molecule has 164 valence electrons. The van der Waals surface area contributed by atoms with Gasteiger partial charge in [-0.15, -0.1) is 21.5 Å². The first-order chi connectivity index (χ1) is 14.7. The minimum absolute atomic E-state index is 0.0427. The summed E-state index contributed by atoms with van der Waals surface area (Å²) >= 11 is 2.63. The minimum atomic E-state index is -3.22. The Kier molecular flexibility index (Phi) is 7.59. The number of Topliss-reactive ketones (excluding diaryl/α,β-unsaturated/α-hetero) is 1. The van der Waals surface area contributed by atoms with Crippen molar-refractivity contribution in [1.82, 2.24) is 19.5 Å². The monoisotopic (exact) mass is 479 g/mol. The van der Waals surface area contributed by atoms with Gasteiger partial charge in [0, 0.05) is 24.0 Å². The molecule has 2 heterocycles. The zero-order valence-electron chi connectivity index (χ0n) is 16.9.